The number of halogens is 2. The number of hydrogen-bond donors (Lipinski definition) is 1. The molecule has 0 spiro atoms. The topological polar surface area (TPSA) is 76.1 Å². The van der Waals surface area contributed by atoms with Crippen molar-refractivity contribution in [3.05, 3.63) is 80.1 Å². The monoisotopic (exact) mass is 579 g/mol. The zero-order valence-corrected chi connectivity index (χ0v) is 25.0. The van der Waals surface area contributed by atoms with Gasteiger partial charge >= 0.3 is 5.97 Å². The number of rotatable bonds is 5. The van der Waals surface area contributed by atoms with Gasteiger partial charge in [0.25, 0.3) is 5.91 Å². The number of nitrogens with zero attached hydrogens (tertiary/aromatic N) is 1. The second-order valence-corrected chi connectivity index (χ2v) is 12.3. The Hall–Kier alpha value is -3.42. The van der Waals surface area contributed by atoms with Crippen LogP contribution in [0.2, 0.25) is 5.02 Å². The average Bonchev–Trinajstić information content (AvgIpc) is 3.32. The number of anilines is 1. The Morgan fingerprint density at radius 2 is 1.80 bits per heavy atom. The van der Waals surface area contributed by atoms with Gasteiger partial charge in [-0.2, -0.15) is 0 Å². The highest BCUT2D eigenvalue weighted by atomic mass is 35.5. The van der Waals surface area contributed by atoms with Crippen LogP contribution < -0.4 is 9.64 Å². The van der Waals surface area contributed by atoms with Crippen LogP contribution in [0.25, 0.3) is 11.1 Å². The average molecular weight is 580 g/mol. The van der Waals surface area contributed by atoms with Gasteiger partial charge in [-0.05, 0) is 118 Å². The lowest BCUT2D eigenvalue weighted by atomic mass is 9.83. The molecule has 3 aromatic rings. The van der Waals surface area contributed by atoms with Crippen molar-refractivity contribution in [1.29, 1.82) is 0 Å². The minimum atomic E-state index is -1.30. The molecule has 1 amide bonds. The van der Waals surface area contributed by atoms with Crippen LogP contribution in [-0.4, -0.2) is 35.7 Å². The lowest BCUT2D eigenvalue weighted by Crippen LogP contribution is -2.30. The fourth-order valence-corrected chi connectivity index (χ4v) is 6.20. The maximum absolute atomic E-state index is 15.6. The van der Waals surface area contributed by atoms with Crippen LogP contribution >= 0.6 is 11.6 Å². The Bertz CT molecular complexity index is 1580. The van der Waals surface area contributed by atoms with Gasteiger partial charge in [0.05, 0.1) is 12.2 Å². The minimum Gasteiger partial charge on any atom is -0.490 e. The Morgan fingerprint density at radius 1 is 1.07 bits per heavy atom. The van der Waals surface area contributed by atoms with E-state index in [-0.39, 0.29) is 11.7 Å². The lowest BCUT2D eigenvalue weighted by molar-refractivity contribution is -0.160. The number of ether oxygens (including phenoxy) is 2. The summed E-state index contributed by atoms with van der Waals surface area (Å²) in [6.07, 6.45) is 0.598. The standard InChI is InChI=1S/C33H35ClFNO5/c1-17-9-10-20(34)15-23(17)31(37)36-12-11-22-26(36)14-18(2)27(30(32(38)39)41-33(4,5)6)28(22)24-16-25(35)29-21(19(24)3)8-7-13-40-29/h9-10,14-16,30H,7-8,11-13H2,1-6H3,(H,38,39)/t30-/m0/s1. The molecule has 1 atom stereocenters. The third-order valence-electron chi connectivity index (χ3n) is 7.87. The highest BCUT2D eigenvalue weighted by molar-refractivity contribution is 6.31. The van der Waals surface area contributed by atoms with Crippen molar-refractivity contribution in [1.82, 2.24) is 0 Å². The molecule has 0 aromatic heterocycles. The SMILES string of the molecule is Cc1ccc(Cl)cc1C(=O)N1CCc2c1cc(C)c([C@H](OC(C)(C)C)C(=O)O)c2-c1cc(F)c2c(c1C)CCCO2. The van der Waals surface area contributed by atoms with Gasteiger partial charge < -0.3 is 19.5 Å². The first kappa shape index (κ1) is 29.1. The minimum absolute atomic E-state index is 0.190. The summed E-state index contributed by atoms with van der Waals surface area (Å²) in [5.74, 6) is -1.55. The summed E-state index contributed by atoms with van der Waals surface area (Å²) in [4.78, 5) is 28.3. The summed E-state index contributed by atoms with van der Waals surface area (Å²) in [7, 11) is 0. The van der Waals surface area contributed by atoms with Gasteiger partial charge in [-0.3, -0.25) is 4.79 Å². The molecule has 0 unspecified atom stereocenters. The first-order valence-electron chi connectivity index (χ1n) is 13.9. The summed E-state index contributed by atoms with van der Waals surface area (Å²) in [5, 5.41) is 10.9. The summed E-state index contributed by atoms with van der Waals surface area (Å²) in [6.45, 7) is 11.9. The Kier molecular flexibility index (Phi) is 7.64. The molecular weight excluding hydrogens is 545 g/mol. The molecule has 0 saturated carbocycles. The molecule has 0 fully saturated rings. The summed E-state index contributed by atoms with van der Waals surface area (Å²) >= 11 is 6.24. The van der Waals surface area contributed by atoms with Crippen molar-refractivity contribution in [3.63, 3.8) is 0 Å². The number of aryl methyl sites for hydroxylation is 2. The Morgan fingerprint density at radius 3 is 2.49 bits per heavy atom. The Labute approximate surface area is 245 Å². The molecule has 2 aliphatic rings. The number of benzene rings is 3. The molecule has 0 saturated heterocycles. The van der Waals surface area contributed by atoms with Crippen LogP contribution in [-0.2, 0) is 22.4 Å². The normalized spacial score (nSPS) is 15.3. The van der Waals surface area contributed by atoms with Crippen LogP contribution in [0, 0.1) is 26.6 Å². The largest absolute Gasteiger partial charge is 0.490 e. The van der Waals surface area contributed by atoms with E-state index in [1.807, 2.05) is 32.9 Å². The molecule has 8 heteroatoms. The lowest BCUT2D eigenvalue weighted by Gasteiger charge is -2.30. The van der Waals surface area contributed by atoms with Gasteiger partial charge in [0.15, 0.2) is 17.7 Å². The van der Waals surface area contributed by atoms with Gasteiger partial charge in [-0.25, -0.2) is 9.18 Å². The molecule has 6 nitrogen and oxygen atoms in total. The second-order valence-electron chi connectivity index (χ2n) is 11.9. The van der Waals surface area contributed by atoms with Crippen molar-refractivity contribution >= 4 is 29.2 Å². The molecular formula is C33H35ClFNO5. The summed E-state index contributed by atoms with van der Waals surface area (Å²) in [5.41, 5.74) is 5.97. The Balaban J connectivity index is 1.78. The third-order valence-corrected chi connectivity index (χ3v) is 8.11. The highest BCUT2D eigenvalue weighted by Crippen LogP contribution is 2.48. The van der Waals surface area contributed by atoms with Gasteiger partial charge in [0.1, 0.15) is 0 Å². The van der Waals surface area contributed by atoms with E-state index in [0.717, 1.165) is 28.7 Å². The van der Waals surface area contributed by atoms with Crippen LogP contribution in [0.4, 0.5) is 10.1 Å². The molecule has 5 rings (SSSR count). The smallest absolute Gasteiger partial charge is 0.337 e. The van der Waals surface area contributed by atoms with Crippen LogP contribution in [0.1, 0.15) is 77.0 Å². The molecule has 0 bridgehead atoms. The fourth-order valence-electron chi connectivity index (χ4n) is 6.03. The number of hydrogen-bond acceptors (Lipinski definition) is 4. The summed E-state index contributed by atoms with van der Waals surface area (Å²) in [6, 6.07) is 8.53. The maximum atomic E-state index is 15.6. The van der Waals surface area contributed by atoms with E-state index in [9.17, 15) is 14.7 Å². The second kappa shape index (κ2) is 10.8. The first-order valence-corrected chi connectivity index (χ1v) is 14.3. The van der Waals surface area contributed by atoms with E-state index in [2.05, 4.69) is 0 Å². The number of amides is 1. The molecule has 216 valence electrons. The van der Waals surface area contributed by atoms with Crippen LogP contribution in [0.15, 0.2) is 30.3 Å². The van der Waals surface area contributed by atoms with E-state index >= 15 is 4.39 Å². The molecule has 41 heavy (non-hydrogen) atoms. The maximum Gasteiger partial charge on any atom is 0.337 e. The fraction of sp³-hybridized carbons (Fsp3) is 0.394. The number of carbonyl (C=O) groups excluding carboxylic acids is 1. The predicted molar refractivity (Wildman–Crippen MR) is 158 cm³/mol. The number of fused-ring (bicyclic) bond motifs is 2. The molecule has 0 radical (unpaired) electrons. The molecule has 2 heterocycles. The van der Waals surface area contributed by atoms with Crippen LogP contribution in [0.5, 0.6) is 5.75 Å². The number of carbonyl (C=O) groups is 2. The predicted octanol–water partition coefficient (Wildman–Crippen LogP) is 7.54. The molecule has 0 aliphatic carbocycles. The van der Waals surface area contributed by atoms with E-state index in [0.29, 0.717) is 64.5 Å². The van der Waals surface area contributed by atoms with Crippen molar-refractivity contribution in [2.24, 2.45) is 0 Å². The van der Waals surface area contributed by atoms with E-state index < -0.39 is 23.5 Å². The van der Waals surface area contributed by atoms with Gasteiger partial charge in [0.2, 0.25) is 0 Å². The number of carboxylic acids is 1. The zero-order valence-electron chi connectivity index (χ0n) is 24.3. The molecule has 1 N–H and O–H groups in total. The number of aliphatic carboxylic acids is 1. The van der Waals surface area contributed by atoms with Gasteiger partial charge in [-0.1, -0.05) is 17.7 Å². The van der Waals surface area contributed by atoms with Crippen molar-refractivity contribution < 1.29 is 28.6 Å². The third kappa shape index (κ3) is 5.33. The van der Waals surface area contributed by atoms with E-state index in [4.69, 9.17) is 21.1 Å². The molecule has 3 aromatic carbocycles. The summed E-state index contributed by atoms with van der Waals surface area (Å²) < 4.78 is 27.4. The van der Waals surface area contributed by atoms with Crippen molar-refractivity contribution in [3.8, 4) is 16.9 Å². The zero-order chi connectivity index (χ0) is 29.8. The van der Waals surface area contributed by atoms with Gasteiger partial charge in [0, 0.05) is 33.9 Å². The number of carboxylic acid groups (broad SMARTS) is 1. The van der Waals surface area contributed by atoms with E-state index in [1.165, 1.54) is 6.07 Å². The van der Waals surface area contributed by atoms with Crippen molar-refractivity contribution in [2.75, 3.05) is 18.1 Å². The van der Waals surface area contributed by atoms with Crippen LogP contribution in [0.3, 0.4) is 0 Å². The van der Waals surface area contributed by atoms with E-state index in [1.54, 1.807) is 37.8 Å². The molecule has 2 aliphatic heterocycles. The van der Waals surface area contributed by atoms with Crippen molar-refractivity contribution in [2.45, 2.75) is 72.5 Å². The highest BCUT2D eigenvalue weighted by Gasteiger charge is 2.37. The van der Waals surface area contributed by atoms with Gasteiger partial charge in [-0.15, -0.1) is 0 Å². The quantitative estimate of drug-likeness (QED) is 0.338. The first-order chi connectivity index (χ1) is 19.3.